The second kappa shape index (κ2) is 8.84. The summed E-state index contributed by atoms with van der Waals surface area (Å²) in [6, 6.07) is 6.29. The van der Waals surface area contributed by atoms with Gasteiger partial charge in [-0.25, -0.2) is 0 Å². The lowest BCUT2D eigenvalue weighted by Crippen LogP contribution is -2.03. The molecule has 0 amide bonds. The third-order valence-corrected chi connectivity index (χ3v) is 3.20. The molecule has 0 aliphatic carbocycles. The summed E-state index contributed by atoms with van der Waals surface area (Å²) in [5.41, 5.74) is 2.34. The number of nitrogens with one attached hydrogen (secondary N) is 1. The van der Waals surface area contributed by atoms with Gasteiger partial charge in [0.25, 0.3) is 0 Å². The molecule has 18 heavy (non-hydrogen) atoms. The van der Waals surface area contributed by atoms with Gasteiger partial charge in [0.05, 0.1) is 12.8 Å². The van der Waals surface area contributed by atoms with Crippen molar-refractivity contribution in [1.82, 2.24) is 0 Å². The maximum atomic E-state index is 5.37. The van der Waals surface area contributed by atoms with Gasteiger partial charge in [0, 0.05) is 6.54 Å². The van der Waals surface area contributed by atoms with Crippen molar-refractivity contribution in [3.8, 4) is 5.75 Å². The van der Waals surface area contributed by atoms with Gasteiger partial charge in [-0.1, -0.05) is 45.1 Å². The molecule has 0 atom stereocenters. The smallest absolute Gasteiger partial charge is 0.142 e. The maximum Gasteiger partial charge on any atom is 0.142 e. The van der Waals surface area contributed by atoms with Gasteiger partial charge in [-0.2, -0.15) is 0 Å². The van der Waals surface area contributed by atoms with E-state index in [1.165, 1.54) is 44.1 Å². The zero-order valence-electron chi connectivity index (χ0n) is 12.1. The van der Waals surface area contributed by atoms with Crippen LogP contribution in [0.3, 0.4) is 0 Å². The molecule has 102 valence electrons. The van der Waals surface area contributed by atoms with Gasteiger partial charge in [-0.3, -0.25) is 0 Å². The molecule has 1 N–H and O–H groups in total. The van der Waals surface area contributed by atoms with E-state index >= 15 is 0 Å². The maximum absolute atomic E-state index is 5.37. The van der Waals surface area contributed by atoms with Crippen molar-refractivity contribution in [1.29, 1.82) is 0 Å². The van der Waals surface area contributed by atoms with Crippen LogP contribution in [0.2, 0.25) is 0 Å². The van der Waals surface area contributed by atoms with Crippen molar-refractivity contribution in [3.63, 3.8) is 0 Å². The standard InChI is InChI=1S/C16H27NO/c1-4-5-6-7-8-9-12-17-15-11-10-14(2)13-16(15)18-3/h10-11,13,17H,4-9,12H2,1-3H3. The molecule has 0 aliphatic heterocycles. The van der Waals surface area contributed by atoms with Gasteiger partial charge in [0.15, 0.2) is 0 Å². The fourth-order valence-corrected chi connectivity index (χ4v) is 2.07. The number of benzene rings is 1. The molecule has 2 heteroatoms. The van der Waals surface area contributed by atoms with Crippen LogP contribution in [0.25, 0.3) is 0 Å². The summed E-state index contributed by atoms with van der Waals surface area (Å²) in [6.45, 7) is 5.37. The summed E-state index contributed by atoms with van der Waals surface area (Å²) in [5.74, 6) is 0.945. The first-order valence-corrected chi connectivity index (χ1v) is 7.16. The van der Waals surface area contributed by atoms with Gasteiger partial charge < -0.3 is 10.1 Å². The second-order valence-electron chi connectivity index (χ2n) is 4.90. The van der Waals surface area contributed by atoms with E-state index in [0.717, 1.165) is 18.0 Å². The van der Waals surface area contributed by atoms with E-state index in [9.17, 15) is 0 Å². The van der Waals surface area contributed by atoms with E-state index in [1.54, 1.807) is 7.11 Å². The summed E-state index contributed by atoms with van der Waals surface area (Å²) in [6.07, 6.45) is 7.99. The Balaban J connectivity index is 2.22. The molecule has 1 rings (SSSR count). The Morgan fingerprint density at radius 2 is 1.78 bits per heavy atom. The fourth-order valence-electron chi connectivity index (χ4n) is 2.07. The quantitative estimate of drug-likeness (QED) is 0.636. The van der Waals surface area contributed by atoms with Crippen LogP contribution in [0.1, 0.15) is 51.0 Å². The van der Waals surface area contributed by atoms with Crippen molar-refractivity contribution in [2.75, 3.05) is 19.0 Å². The van der Waals surface area contributed by atoms with Crippen molar-refractivity contribution in [2.45, 2.75) is 52.4 Å². The molecule has 2 nitrogen and oxygen atoms in total. The lowest BCUT2D eigenvalue weighted by atomic mass is 10.1. The van der Waals surface area contributed by atoms with Crippen LogP contribution >= 0.6 is 0 Å². The topological polar surface area (TPSA) is 21.3 Å². The summed E-state index contributed by atoms with van der Waals surface area (Å²) in [5, 5.41) is 3.46. The molecule has 0 aliphatic rings. The Morgan fingerprint density at radius 1 is 1.06 bits per heavy atom. The molecule has 0 radical (unpaired) electrons. The Hall–Kier alpha value is -1.18. The molecule has 1 aromatic carbocycles. The first-order chi connectivity index (χ1) is 8.77. The summed E-state index contributed by atoms with van der Waals surface area (Å²) < 4.78 is 5.37. The number of unbranched alkanes of at least 4 members (excludes halogenated alkanes) is 5. The number of anilines is 1. The Bertz CT molecular complexity index is 336. The van der Waals surface area contributed by atoms with Crippen LogP contribution in [-0.4, -0.2) is 13.7 Å². The van der Waals surface area contributed by atoms with Gasteiger partial charge in [0.2, 0.25) is 0 Å². The van der Waals surface area contributed by atoms with Crippen LogP contribution in [0.5, 0.6) is 5.75 Å². The summed E-state index contributed by atoms with van der Waals surface area (Å²) >= 11 is 0. The number of hydrogen-bond acceptors (Lipinski definition) is 2. The minimum atomic E-state index is 0.945. The zero-order valence-corrected chi connectivity index (χ0v) is 12.1. The number of ether oxygens (including phenoxy) is 1. The highest BCUT2D eigenvalue weighted by Crippen LogP contribution is 2.25. The highest BCUT2D eigenvalue weighted by Gasteiger charge is 2.01. The Kier molecular flexibility index (Phi) is 7.31. The molecule has 0 bridgehead atoms. The SMILES string of the molecule is CCCCCCCCNc1ccc(C)cc1OC. The van der Waals surface area contributed by atoms with E-state index in [0.29, 0.717) is 0 Å². The molecule has 0 spiro atoms. The van der Waals surface area contributed by atoms with E-state index in [4.69, 9.17) is 4.74 Å². The highest BCUT2D eigenvalue weighted by atomic mass is 16.5. The third kappa shape index (κ3) is 5.44. The molecular weight excluding hydrogens is 222 g/mol. The van der Waals surface area contributed by atoms with Crippen molar-refractivity contribution < 1.29 is 4.74 Å². The van der Waals surface area contributed by atoms with Crippen LogP contribution in [0, 0.1) is 6.92 Å². The van der Waals surface area contributed by atoms with Crippen LogP contribution in [0.15, 0.2) is 18.2 Å². The predicted molar refractivity (Wildman–Crippen MR) is 79.6 cm³/mol. The van der Waals surface area contributed by atoms with Gasteiger partial charge in [0.1, 0.15) is 5.75 Å². The number of methoxy groups -OCH3 is 1. The van der Waals surface area contributed by atoms with E-state index in [2.05, 4.69) is 37.4 Å². The van der Waals surface area contributed by atoms with E-state index < -0.39 is 0 Å². The lowest BCUT2D eigenvalue weighted by Gasteiger charge is -2.11. The minimum Gasteiger partial charge on any atom is -0.495 e. The fraction of sp³-hybridized carbons (Fsp3) is 0.625. The summed E-state index contributed by atoms with van der Waals surface area (Å²) in [4.78, 5) is 0. The molecule has 0 saturated heterocycles. The van der Waals surface area contributed by atoms with Crippen molar-refractivity contribution >= 4 is 5.69 Å². The molecule has 0 unspecified atom stereocenters. The molecule has 0 fully saturated rings. The molecule has 1 aromatic rings. The largest absolute Gasteiger partial charge is 0.495 e. The monoisotopic (exact) mass is 249 g/mol. The molecular formula is C16H27NO. The number of aryl methyl sites for hydroxylation is 1. The van der Waals surface area contributed by atoms with Gasteiger partial charge >= 0.3 is 0 Å². The van der Waals surface area contributed by atoms with Crippen molar-refractivity contribution in [3.05, 3.63) is 23.8 Å². The lowest BCUT2D eigenvalue weighted by molar-refractivity contribution is 0.416. The average Bonchev–Trinajstić information content (AvgIpc) is 2.39. The van der Waals surface area contributed by atoms with Gasteiger partial charge in [-0.05, 0) is 31.0 Å². The third-order valence-electron chi connectivity index (χ3n) is 3.20. The molecule has 0 heterocycles. The first kappa shape index (κ1) is 14.9. The molecule has 0 aromatic heterocycles. The zero-order chi connectivity index (χ0) is 13.2. The average molecular weight is 249 g/mol. The summed E-state index contributed by atoms with van der Waals surface area (Å²) in [7, 11) is 1.73. The van der Waals surface area contributed by atoms with E-state index in [1.807, 2.05) is 0 Å². The second-order valence-corrected chi connectivity index (χ2v) is 4.90. The Labute approximate surface area is 112 Å². The minimum absolute atomic E-state index is 0.945. The Morgan fingerprint density at radius 3 is 2.50 bits per heavy atom. The van der Waals surface area contributed by atoms with E-state index in [-0.39, 0.29) is 0 Å². The van der Waals surface area contributed by atoms with Crippen LogP contribution in [-0.2, 0) is 0 Å². The van der Waals surface area contributed by atoms with Crippen LogP contribution < -0.4 is 10.1 Å². The normalized spacial score (nSPS) is 10.4. The number of hydrogen-bond donors (Lipinski definition) is 1. The van der Waals surface area contributed by atoms with Crippen LogP contribution in [0.4, 0.5) is 5.69 Å². The van der Waals surface area contributed by atoms with Gasteiger partial charge in [-0.15, -0.1) is 0 Å². The number of rotatable bonds is 9. The molecule has 0 saturated carbocycles. The van der Waals surface area contributed by atoms with Crippen molar-refractivity contribution in [2.24, 2.45) is 0 Å². The first-order valence-electron chi connectivity index (χ1n) is 7.16. The predicted octanol–water partition coefficient (Wildman–Crippen LogP) is 4.78. The highest BCUT2D eigenvalue weighted by molar-refractivity contribution is 5.57.